The monoisotopic (exact) mass is 382 g/mol. The highest BCUT2D eigenvalue weighted by Crippen LogP contribution is 2.28. The number of hydrogen-bond acceptors (Lipinski definition) is 3. The summed E-state index contributed by atoms with van der Waals surface area (Å²) in [7, 11) is 3.18. The van der Waals surface area contributed by atoms with Crippen molar-refractivity contribution in [3.63, 3.8) is 0 Å². The van der Waals surface area contributed by atoms with Crippen molar-refractivity contribution in [2.45, 2.75) is 6.42 Å². The fraction of sp³-hybridized carbons (Fsp3) is 0.188. The van der Waals surface area contributed by atoms with Crippen LogP contribution in [0, 0.1) is 3.57 Å². The molecule has 2 aromatic rings. The van der Waals surface area contributed by atoms with Crippen molar-refractivity contribution in [1.82, 2.24) is 0 Å². The highest BCUT2D eigenvalue weighted by Gasteiger charge is 2.10. The zero-order chi connectivity index (χ0) is 14.5. The molecule has 0 saturated carbocycles. The van der Waals surface area contributed by atoms with Crippen LogP contribution in [-0.2, 0) is 6.42 Å². The third-order valence-electron chi connectivity index (χ3n) is 2.96. The van der Waals surface area contributed by atoms with Crippen molar-refractivity contribution in [2.75, 3.05) is 14.2 Å². The molecule has 3 nitrogen and oxygen atoms in total. The fourth-order valence-electron chi connectivity index (χ4n) is 1.94. The summed E-state index contributed by atoms with van der Waals surface area (Å²) in [4.78, 5) is 12.2. The topological polar surface area (TPSA) is 35.5 Å². The second kappa shape index (κ2) is 6.74. The van der Waals surface area contributed by atoms with Gasteiger partial charge in [-0.05, 0) is 52.4 Å². The summed E-state index contributed by atoms with van der Waals surface area (Å²) in [5.74, 6) is 1.40. The van der Waals surface area contributed by atoms with Gasteiger partial charge in [0, 0.05) is 15.6 Å². The molecule has 0 saturated heterocycles. The van der Waals surface area contributed by atoms with E-state index in [0.717, 1.165) is 14.7 Å². The molecule has 0 radical (unpaired) electrons. The van der Waals surface area contributed by atoms with Gasteiger partial charge in [-0.15, -0.1) is 0 Å². The Bertz CT molecular complexity index is 623. The van der Waals surface area contributed by atoms with Crippen LogP contribution in [-0.4, -0.2) is 20.0 Å². The van der Waals surface area contributed by atoms with E-state index in [1.165, 1.54) is 0 Å². The molecule has 2 aromatic carbocycles. The molecular weight excluding hydrogens is 367 g/mol. The largest absolute Gasteiger partial charge is 0.493 e. The lowest BCUT2D eigenvalue weighted by Crippen LogP contribution is -2.04. The van der Waals surface area contributed by atoms with Gasteiger partial charge in [0.15, 0.2) is 17.3 Å². The minimum atomic E-state index is 0.0933. The Morgan fingerprint density at radius 1 is 1.05 bits per heavy atom. The fourth-order valence-corrected chi connectivity index (χ4v) is 2.48. The van der Waals surface area contributed by atoms with Gasteiger partial charge in [0.1, 0.15) is 0 Å². The molecule has 0 amide bonds. The molecule has 0 N–H and O–H groups in total. The van der Waals surface area contributed by atoms with Gasteiger partial charge in [0.05, 0.1) is 14.2 Å². The van der Waals surface area contributed by atoms with E-state index in [0.29, 0.717) is 17.9 Å². The molecule has 2 rings (SSSR count). The molecule has 0 aliphatic carbocycles. The minimum Gasteiger partial charge on any atom is -0.493 e. The van der Waals surface area contributed by atoms with Crippen molar-refractivity contribution in [1.29, 1.82) is 0 Å². The molecule has 0 unspecified atom stereocenters. The summed E-state index contributed by atoms with van der Waals surface area (Å²) in [6.07, 6.45) is 0.348. The SMILES string of the molecule is COc1ccc(CC(=O)c2cccc(I)c2)cc1OC. The van der Waals surface area contributed by atoms with E-state index in [1.54, 1.807) is 14.2 Å². The number of halogens is 1. The maximum Gasteiger partial charge on any atom is 0.167 e. The Labute approximate surface area is 132 Å². The highest BCUT2D eigenvalue weighted by atomic mass is 127. The van der Waals surface area contributed by atoms with E-state index in [2.05, 4.69) is 22.6 Å². The number of carbonyl (C=O) groups is 1. The van der Waals surface area contributed by atoms with Crippen LogP contribution in [0.3, 0.4) is 0 Å². The maximum absolute atomic E-state index is 12.2. The highest BCUT2D eigenvalue weighted by molar-refractivity contribution is 14.1. The predicted octanol–water partition coefficient (Wildman–Crippen LogP) is 3.73. The van der Waals surface area contributed by atoms with Gasteiger partial charge in [-0.1, -0.05) is 18.2 Å². The van der Waals surface area contributed by atoms with Gasteiger partial charge >= 0.3 is 0 Å². The Balaban J connectivity index is 2.19. The minimum absolute atomic E-state index is 0.0933. The third kappa shape index (κ3) is 3.50. The van der Waals surface area contributed by atoms with Gasteiger partial charge in [-0.25, -0.2) is 0 Å². The molecule has 4 heteroatoms. The zero-order valence-electron chi connectivity index (χ0n) is 11.4. The Kier molecular flexibility index (Phi) is 5.00. The number of carbonyl (C=O) groups excluding carboxylic acids is 1. The van der Waals surface area contributed by atoms with E-state index >= 15 is 0 Å². The molecular formula is C16H15IO3. The quantitative estimate of drug-likeness (QED) is 0.584. The van der Waals surface area contributed by atoms with Crippen LogP contribution in [0.5, 0.6) is 11.5 Å². The van der Waals surface area contributed by atoms with Gasteiger partial charge < -0.3 is 9.47 Å². The summed E-state index contributed by atoms with van der Waals surface area (Å²) >= 11 is 2.20. The van der Waals surface area contributed by atoms with Crippen molar-refractivity contribution >= 4 is 28.4 Å². The van der Waals surface area contributed by atoms with Crippen molar-refractivity contribution in [2.24, 2.45) is 0 Å². The molecule has 0 aliphatic heterocycles. The van der Waals surface area contributed by atoms with Crippen LogP contribution in [0.4, 0.5) is 0 Å². The first-order valence-corrected chi connectivity index (χ1v) is 7.21. The molecule has 0 aliphatic rings. The third-order valence-corrected chi connectivity index (χ3v) is 3.63. The maximum atomic E-state index is 12.2. The number of benzene rings is 2. The van der Waals surface area contributed by atoms with Crippen LogP contribution in [0.1, 0.15) is 15.9 Å². The molecule has 0 heterocycles. The summed E-state index contributed by atoms with van der Waals surface area (Å²) < 4.78 is 11.5. The molecule has 0 spiro atoms. The van der Waals surface area contributed by atoms with Crippen LogP contribution in [0.2, 0.25) is 0 Å². The summed E-state index contributed by atoms with van der Waals surface area (Å²) in [5.41, 5.74) is 1.64. The standard InChI is InChI=1S/C16H15IO3/c1-19-15-7-6-11(9-16(15)20-2)8-14(18)12-4-3-5-13(17)10-12/h3-7,9-10H,8H2,1-2H3. The van der Waals surface area contributed by atoms with Crippen LogP contribution in [0.15, 0.2) is 42.5 Å². The first kappa shape index (κ1) is 14.8. The van der Waals surface area contributed by atoms with Crippen LogP contribution >= 0.6 is 22.6 Å². The number of ketones is 1. The van der Waals surface area contributed by atoms with Crippen LogP contribution in [0.25, 0.3) is 0 Å². The number of methoxy groups -OCH3 is 2. The lowest BCUT2D eigenvalue weighted by Gasteiger charge is -2.09. The van der Waals surface area contributed by atoms with Gasteiger partial charge in [-0.2, -0.15) is 0 Å². The normalized spacial score (nSPS) is 10.2. The first-order chi connectivity index (χ1) is 9.63. The number of Topliss-reactive ketones (excluding diaryl/α,β-unsaturated/α-hetero) is 1. The first-order valence-electron chi connectivity index (χ1n) is 6.13. The van der Waals surface area contributed by atoms with Gasteiger partial charge in [0.2, 0.25) is 0 Å². The second-order valence-corrected chi connectivity index (χ2v) is 5.55. The Morgan fingerprint density at radius 2 is 1.80 bits per heavy atom. The average molecular weight is 382 g/mol. The molecule has 104 valence electrons. The van der Waals surface area contributed by atoms with Crippen molar-refractivity contribution in [3.05, 3.63) is 57.2 Å². The molecule has 0 atom stereocenters. The zero-order valence-corrected chi connectivity index (χ0v) is 13.5. The van der Waals surface area contributed by atoms with Crippen molar-refractivity contribution in [3.8, 4) is 11.5 Å². The summed E-state index contributed by atoms with van der Waals surface area (Å²) in [5, 5.41) is 0. The second-order valence-electron chi connectivity index (χ2n) is 4.30. The van der Waals surface area contributed by atoms with E-state index in [4.69, 9.17) is 9.47 Å². The lowest BCUT2D eigenvalue weighted by molar-refractivity contribution is 0.0993. The average Bonchev–Trinajstić information content (AvgIpc) is 2.47. The lowest BCUT2D eigenvalue weighted by atomic mass is 10.0. The number of ether oxygens (including phenoxy) is 2. The molecule has 20 heavy (non-hydrogen) atoms. The Hall–Kier alpha value is -1.56. The van der Waals surface area contributed by atoms with Crippen LogP contribution < -0.4 is 9.47 Å². The number of hydrogen-bond donors (Lipinski definition) is 0. The van der Waals surface area contributed by atoms with E-state index in [9.17, 15) is 4.79 Å². The molecule has 0 aromatic heterocycles. The Morgan fingerprint density at radius 3 is 2.45 bits per heavy atom. The van der Waals surface area contributed by atoms with E-state index in [1.807, 2.05) is 42.5 Å². The smallest absolute Gasteiger partial charge is 0.167 e. The van der Waals surface area contributed by atoms with Crippen molar-refractivity contribution < 1.29 is 14.3 Å². The summed E-state index contributed by atoms with van der Waals surface area (Å²) in [6, 6.07) is 13.1. The molecule has 0 fully saturated rings. The van der Waals surface area contributed by atoms with E-state index in [-0.39, 0.29) is 5.78 Å². The van der Waals surface area contributed by atoms with Gasteiger partial charge in [0.25, 0.3) is 0 Å². The molecule has 0 bridgehead atoms. The number of rotatable bonds is 5. The summed E-state index contributed by atoms with van der Waals surface area (Å²) in [6.45, 7) is 0. The van der Waals surface area contributed by atoms with E-state index < -0.39 is 0 Å². The predicted molar refractivity (Wildman–Crippen MR) is 86.7 cm³/mol. The van der Waals surface area contributed by atoms with Gasteiger partial charge in [-0.3, -0.25) is 4.79 Å².